The Morgan fingerprint density at radius 1 is 1.04 bits per heavy atom. The molecule has 0 saturated carbocycles. The van der Waals surface area contributed by atoms with E-state index in [2.05, 4.69) is 9.97 Å². The third kappa shape index (κ3) is 4.40. The van der Waals surface area contributed by atoms with Gasteiger partial charge in [0, 0.05) is 31.5 Å². The van der Waals surface area contributed by atoms with E-state index in [9.17, 15) is 9.90 Å². The van der Waals surface area contributed by atoms with Gasteiger partial charge in [-0.05, 0) is 11.1 Å². The lowest BCUT2D eigenvalue weighted by Crippen LogP contribution is -2.21. The number of nitrogens with zero attached hydrogens (tertiary/aromatic N) is 3. The summed E-state index contributed by atoms with van der Waals surface area (Å²) in [5.41, 5.74) is 3.09. The van der Waals surface area contributed by atoms with E-state index in [1.54, 1.807) is 24.3 Å². The number of rotatable bonds is 6. The van der Waals surface area contributed by atoms with E-state index in [-0.39, 0.29) is 5.56 Å². The van der Waals surface area contributed by atoms with Crippen LogP contribution < -0.4 is 10.0 Å². The molecule has 1 aromatic heterocycles. The number of hydrogen-bond acceptors (Lipinski definition) is 6. The number of aromatic nitrogens is 2. The van der Waals surface area contributed by atoms with E-state index in [4.69, 9.17) is 0 Å². The van der Waals surface area contributed by atoms with Gasteiger partial charge in [0.1, 0.15) is 5.82 Å². The van der Waals surface area contributed by atoms with Crippen molar-refractivity contribution in [2.75, 3.05) is 19.0 Å². The summed E-state index contributed by atoms with van der Waals surface area (Å²) >= 11 is 1.52. The van der Waals surface area contributed by atoms with Crippen LogP contribution in [0.25, 0.3) is 11.3 Å². The molecule has 132 valence electrons. The van der Waals surface area contributed by atoms with Crippen LogP contribution >= 0.6 is 11.8 Å². The quantitative estimate of drug-likeness (QED) is 0.495. The Hall–Kier alpha value is -2.86. The van der Waals surface area contributed by atoms with Gasteiger partial charge in [-0.2, -0.15) is 0 Å². The van der Waals surface area contributed by atoms with Gasteiger partial charge in [-0.15, -0.1) is 0 Å². The standard InChI is InChI=1S/C20H19N3O2S/c1-23(2)18-12-17(15-6-4-3-5-7-15)21-20(22-18)26-13-14-8-10-16(11-9-14)19(24)25/h3-12H,13H2,1-2H3,(H,24,25)/p-1. The topological polar surface area (TPSA) is 69.2 Å². The average Bonchev–Trinajstić information content (AvgIpc) is 2.67. The van der Waals surface area contributed by atoms with Crippen LogP contribution in [0.5, 0.6) is 0 Å². The molecule has 0 unspecified atom stereocenters. The molecule has 0 aliphatic carbocycles. The van der Waals surface area contributed by atoms with Crippen molar-refractivity contribution < 1.29 is 9.90 Å². The number of carbonyl (C=O) groups excluding carboxylic acids is 1. The molecule has 0 amide bonds. The fraction of sp³-hybridized carbons (Fsp3) is 0.150. The second kappa shape index (κ2) is 8.01. The zero-order chi connectivity index (χ0) is 18.5. The number of thioether (sulfide) groups is 1. The molecule has 0 atom stereocenters. The van der Waals surface area contributed by atoms with E-state index >= 15 is 0 Å². The zero-order valence-electron chi connectivity index (χ0n) is 14.5. The molecule has 2 aromatic carbocycles. The van der Waals surface area contributed by atoms with Crippen LogP contribution in [-0.2, 0) is 5.75 Å². The van der Waals surface area contributed by atoms with Crippen LogP contribution in [0.4, 0.5) is 5.82 Å². The molecule has 0 saturated heterocycles. The van der Waals surface area contributed by atoms with Crippen LogP contribution in [-0.4, -0.2) is 30.0 Å². The Labute approximate surface area is 156 Å². The molecule has 1 heterocycles. The van der Waals surface area contributed by atoms with E-state index in [1.807, 2.05) is 55.4 Å². The molecule has 5 nitrogen and oxygen atoms in total. The van der Waals surface area contributed by atoms with E-state index in [0.29, 0.717) is 10.9 Å². The van der Waals surface area contributed by atoms with Crippen LogP contribution in [0.3, 0.4) is 0 Å². The summed E-state index contributed by atoms with van der Waals surface area (Å²) in [5, 5.41) is 11.5. The average molecular weight is 364 g/mol. The number of carboxylic acids is 1. The number of carboxylic acid groups (broad SMARTS) is 1. The molecule has 0 fully saturated rings. The Morgan fingerprint density at radius 3 is 2.35 bits per heavy atom. The first-order valence-electron chi connectivity index (χ1n) is 8.08. The van der Waals surface area contributed by atoms with Crippen LogP contribution in [0.2, 0.25) is 0 Å². The van der Waals surface area contributed by atoms with E-state index in [1.165, 1.54) is 11.8 Å². The summed E-state index contributed by atoms with van der Waals surface area (Å²) in [4.78, 5) is 22.0. The molecule has 0 radical (unpaired) electrons. The van der Waals surface area contributed by atoms with Crippen molar-refractivity contribution in [3.05, 3.63) is 71.8 Å². The molecule has 0 bridgehead atoms. The SMILES string of the molecule is CN(C)c1cc(-c2ccccc2)nc(SCc2ccc(C(=O)[O-])cc2)n1. The van der Waals surface area contributed by atoms with Gasteiger partial charge in [-0.1, -0.05) is 66.4 Å². The lowest BCUT2D eigenvalue weighted by atomic mass is 10.1. The Kier molecular flexibility index (Phi) is 5.53. The van der Waals surface area contributed by atoms with Crippen molar-refractivity contribution >= 4 is 23.5 Å². The van der Waals surface area contributed by atoms with E-state index in [0.717, 1.165) is 22.6 Å². The van der Waals surface area contributed by atoms with Gasteiger partial charge in [-0.25, -0.2) is 9.97 Å². The number of carbonyl (C=O) groups is 1. The highest BCUT2D eigenvalue weighted by Crippen LogP contribution is 2.26. The maximum absolute atomic E-state index is 10.8. The maximum Gasteiger partial charge on any atom is 0.190 e. The van der Waals surface area contributed by atoms with Crippen molar-refractivity contribution in [3.8, 4) is 11.3 Å². The molecular weight excluding hydrogens is 346 g/mol. The van der Waals surface area contributed by atoms with Gasteiger partial charge in [0.25, 0.3) is 0 Å². The second-order valence-corrected chi connectivity index (χ2v) is 6.87. The first-order chi connectivity index (χ1) is 12.5. The third-order valence-corrected chi connectivity index (χ3v) is 4.70. The summed E-state index contributed by atoms with van der Waals surface area (Å²) in [7, 11) is 3.90. The molecule has 6 heteroatoms. The van der Waals surface area contributed by atoms with Crippen LogP contribution in [0.1, 0.15) is 15.9 Å². The van der Waals surface area contributed by atoms with Gasteiger partial charge in [0.15, 0.2) is 5.16 Å². The van der Waals surface area contributed by atoms with Crippen LogP contribution in [0.15, 0.2) is 65.8 Å². The van der Waals surface area contributed by atoms with Gasteiger partial charge in [-0.3, -0.25) is 0 Å². The first-order valence-corrected chi connectivity index (χ1v) is 9.06. The Balaban J connectivity index is 1.82. The molecule has 0 aliphatic heterocycles. The van der Waals surface area contributed by atoms with Crippen molar-refractivity contribution in [2.45, 2.75) is 10.9 Å². The highest BCUT2D eigenvalue weighted by atomic mass is 32.2. The zero-order valence-corrected chi connectivity index (χ0v) is 15.4. The fourth-order valence-electron chi connectivity index (χ4n) is 2.35. The highest BCUT2D eigenvalue weighted by molar-refractivity contribution is 7.98. The number of benzene rings is 2. The highest BCUT2D eigenvalue weighted by Gasteiger charge is 2.09. The largest absolute Gasteiger partial charge is 0.545 e. The second-order valence-electron chi connectivity index (χ2n) is 5.93. The number of aromatic carboxylic acids is 1. The third-order valence-electron chi connectivity index (χ3n) is 3.78. The van der Waals surface area contributed by atoms with Crippen molar-refractivity contribution in [1.29, 1.82) is 0 Å². The van der Waals surface area contributed by atoms with Crippen molar-refractivity contribution in [1.82, 2.24) is 9.97 Å². The van der Waals surface area contributed by atoms with Crippen molar-refractivity contribution in [3.63, 3.8) is 0 Å². The lowest BCUT2D eigenvalue weighted by Gasteiger charge is -2.14. The predicted octanol–water partition coefficient (Wildman–Crippen LogP) is 2.87. The molecule has 0 spiro atoms. The van der Waals surface area contributed by atoms with Gasteiger partial charge < -0.3 is 14.8 Å². The molecule has 0 N–H and O–H groups in total. The lowest BCUT2D eigenvalue weighted by molar-refractivity contribution is -0.255. The predicted molar refractivity (Wildman–Crippen MR) is 102 cm³/mol. The summed E-state index contributed by atoms with van der Waals surface area (Å²) in [6.45, 7) is 0. The first kappa shape index (κ1) is 17.9. The summed E-state index contributed by atoms with van der Waals surface area (Å²) in [6, 6.07) is 18.6. The van der Waals surface area contributed by atoms with Gasteiger partial charge >= 0.3 is 0 Å². The Morgan fingerprint density at radius 2 is 1.73 bits per heavy atom. The van der Waals surface area contributed by atoms with Gasteiger partial charge in [0.2, 0.25) is 0 Å². The summed E-state index contributed by atoms with van der Waals surface area (Å²) < 4.78 is 0. The van der Waals surface area contributed by atoms with E-state index < -0.39 is 5.97 Å². The van der Waals surface area contributed by atoms with Crippen molar-refractivity contribution in [2.24, 2.45) is 0 Å². The van der Waals surface area contributed by atoms with Crippen LogP contribution in [0, 0.1) is 0 Å². The monoisotopic (exact) mass is 364 g/mol. The number of anilines is 1. The maximum atomic E-state index is 10.8. The molecule has 3 aromatic rings. The summed E-state index contributed by atoms with van der Waals surface area (Å²) in [6.07, 6.45) is 0. The molecule has 3 rings (SSSR count). The normalized spacial score (nSPS) is 10.5. The molecular formula is C20H18N3O2S-. The minimum Gasteiger partial charge on any atom is -0.545 e. The number of hydrogen-bond donors (Lipinski definition) is 0. The Bertz CT molecular complexity index is 897. The molecule has 26 heavy (non-hydrogen) atoms. The minimum atomic E-state index is -1.17. The minimum absolute atomic E-state index is 0.177. The fourth-order valence-corrected chi connectivity index (χ4v) is 3.16. The molecule has 0 aliphatic rings. The van der Waals surface area contributed by atoms with Gasteiger partial charge in [0.05, 0.1) is 11.7 Å². The summed E-state index contributed by atoms with van der Waals surface area (Å²) in [5.74, 6) is 0.325. The smallest absolute Gasteiger partial charge is 0.190 e.